The van der Waals surface area contributed by atoms with E-state index in [1.54, 1.807) is 41.3 Å². The SMILES string of the molecule is CCn1c(CN(CCc2ccccc2F)C(=O)c2cc(Cl)ccc2Cl)nc2ccccc21. The Morgan fingerprint density at radius 1 is 1.06 bits per heavy atom. The molecule has 1 aromatic heterocycles. The van der Waals surface area contributed by atoms with Crippen LogP contribution >= 0.6 is 23.2 Å². The molecule has 0 N–H and O–H groups in total. The zero-order chi connectivity index (χ0) is 22.7. The van der Waals surface area contributed by atoms with Gasteiger partial charge in [0.2, 0.25) is 0 Å². The summed E-state index contributed by atoms with van der Waals surface area (Å²) in [5.41, 5.74) is 2.73. The van der Waals surface area contributed by atoms with E-state index in [4.69, 9.17) is 28.2 Å². The summed E-state index contributed by atoms with van der Waals surface area (Å²) in [6.07, 6.45) is 0.364. The number of hydrogen-bond acceptors (Lipinski definition) is 2. The van der Waals surface area contributed by atoms with E-state index in [1.165, 1.54) is 6.07 Å². The van der Waals surface area contributed by atoms with Crippen molar-refractivity contribution < 1.29 is 9.18 Å². The Labute approximate surface area is 196 Å². The molecule has 0 spiro atoms. The van der Waals surface area contributed by atoms with Crippen molar-refractivity contribution in [1.82, 2.24) is 14.5 Å². The van der Waals surface area contributed by atoms with Gasteiger partial charge in [0.25, 0.3) is 5.91 Å². The Morgan fingerprint density at radius 3 is 2.59 bits per heavy atom. The van der Waals surface area contributed by atoms with E-state index < -0.39 is 0 Å². The van der Waals surface area contributed by atoms with Crippen molar-refractivity contribution in [1.29, 1.82) is 0 Å². The lowest BCUT2D eigenvalue weighted by molar-refractivity contribution is 0.0739. The average Bonchev–Trinajstić information content (AvgIpc) is 3.15. The third kappa shape index (κ3) is 4.64. The normalized spacial score (nSPS) is 11.1. The van der Waals surface area contributed by atoms with E-state index in [0.29, 0.717) is 40.7 Å². The number of amides is 1. The summed E-state index contributed by atoms with van der Waals surface area (Å²) in [6.45, 7) is 3.31. The van der Waals surface area contributed by atoms with Gasteiger partial charge in [-0.15, -0.1) is 0 Å². The van der Waals surface area contributed by atoms with Crippen LogP contribution in [0.15, 0.2) is 66.7 Å². The van der Waals surface area contributed by atoms with Crippen LogP contribution in [0.25, 0.3) is 11.0 Å². The van der Waals surface area contributed by atoms with Gasteiger partial charge in [-0.2, -0.15) is 0 Å². The summed E-state index contributed by atoms with van der Waals surface area (Å²) in [5, 5.41) is 0.742. The Morgan fingerprint density at radius 2 is 1.81 bits per heavy atom. The number of hydrogen-bond donors (Lipinski definition) is 0. The van der Waals surface area contributed by atoms with Gasteiger partial charge in [0.1, 0.15) is 11.6 Å². The van der Waals surface area contributed by atoms with Gasteiger partial charge in [0.15, 0.2) is 0 Å². The van der Waals surface area contributed by atoms with Gasteiger partial charge in [0, 0.05) is 18.1 Å². The maximum atomic E-state index is 14.2. The minimum Gasteiger partial charge on any atom is -0.331 e. The van der Waals surface area contributed by atoms with Crippen molar-refractivity contribution in [2.24, 2.45) is 0 Å². The largest absolute Gasteiger partial charge is 0.331 e. The molecule has 1 heterocycles. The van der Waals surface area contributed by atoms with Gasteiger partial charge in [-0.1, -0.05) is 53.5 Å². The second-order valence-electron chi connectivity index (χ2n) is 7.45. The molecule has 0 unspecified atom stereocenters. The highest BCUT2D eigenvalue weighted by Gasteiger charge is 2.22. The molecule has 0 saturated carbocycles. The van der Waals surface area contributed by atoms with Crippen LogP contribution in [-0.4, -0.2) is 26.9 Å². The number of halogens is 3. The maximum Gasteiger partial charge on any atom is 0.255 e. The monoisotopic (exact) mass is 469 g/mol. The second kappa shape index (κ2) is 9.72. The topological polar surface area (TPSA) is 38.1 Å². The minimum absolute atomic E-state index is 0.263. The number of para-hydroxylation sites is 2. The summed E-state index contributed by atoms with van der Waals surface area (Å²) >= 11 is 12.4. The van der Waals surface area contributed by atoms with Gasteiger partial charge >= 0.3 is 0 Å². The highest BCUT2D eigenvalue weighted by molar-refractivity contribution is 6.35. The van der Waals surface area contributed by atoms with E-state index in [1.807, 2.05) is 31.2 Å². The fourth-order valence-electron chi connectivity index (χ4n) is 3.81. The van der Waals surface area contributed by atoms with Crippen LogP contribution in [0.2, 0.25) is 10.0 Å². The average molecular weight is 470 g/mol. The maximum absolute atomic E-state index is 14.2. The zero-order valence-electron chi connectivity index (χ0n) is 17.6. The molecular weight excluding hydrogens is 448 g/mol. The number of benzene rings is 3. The van der Waals surface area contributed by atoms with Crippen LogP contribution in [0.3, 0.4) is 0 Å². The first-order valence-electron chi connectivity index (χ1n) is 10.4. The van der Waals surface area contributed by atoms with Crippen molar-refractivity contribution in [3.8, 4) is 0 Å². The lowest BCUT2D eigenvalue weighted by atomic mass is 10.1. The predicted octanol–water partition coefficient (Wildman–Crippen LogP) is 6.39. The summed E-state index contributed by atoms with van der Waals surface area (Å²) in [5.74, 6) is 0.193. The molecule has 164 valence electrons. The molecule has 0 radical (unpaired) electrons. The second-order valence-corrected chi connectivity index (χ2v) is 8.30. The number of aryl methyl sites for hydroxylation is 1. The van der Waals surface area contributed by atoms with Gasteiger partial charge in [-0.25, -0.2) is 9.37 Å². The van der Waals surface area contributed by atoms with Crippen molar-refractivity contribution in [2.45, 2.75) is 26.4 Å². The van der Waals surface area contributed by atoms with E-state index in [2.05, 4.69) is 4.57 Å². The molecule has 1 amide bonds. The smallest absolute Gasteiger partial charge is 0.255 e. The molecule has 3 aromatic carbocycles. The number of imidazole rings is 1. The Balaban J connectivity index is 1.69. The van der Waals surface area contributed by atoms with E-state index in [-0.39, 0.29) is 18.3 Å². The third-order valence-corrected chi connectivity index (χ3v) is 6.00. The van der Waals surface area contributed by atoms with E-state index >= 15 is 0 Å². The van der Waals surface area contributed by atoms with Crippen molar-refractivity contribution in [3.05, 3.63) is 99.5 Å². The summed E-state index contributed by atoms with van der Waals surface area (Å²) in [7, 11) is 0. The molecule has 0 atom stereocenters. The first kappa shape index (κ1) is 22.3. The van der Waals surface area contributed by atoms with Crippen molar-refractivity contribution in [3.63, 3.8) is 0 Å². The van der Waals surface area contributed by atoms with Crippen molar-refractivity contribution >= 4 is 40.1 Å². The van der Waals surface area contributed by atoms with Gasteiger partial charge in [0.05, 0.1) is 28.2 Å². The fourth-order valence-corrected chi connectivity index (χ4v) is 4.18. The number of rotatable bonds is 7. The number of carbonyl (C=O) groups excluding carboxylic acids is 1. The quantitative estimate of drug-likeness (QED) is 0.314. The Hall–Kier alpha value is -2.89. The number of nitrogens with zero attached hydrogens (tertiary/aromatic N) is 3. The fraction of sp³-hybridized carbons (Fsp3) is 0.200. The van der Waals surface area contributed by atoms with Crippen LogP contribution in [0.5, 0.6) is 0 Å². The minimum atomic E-state index is -0.290. The van der Waals surface area contributed by atoms with Crippen LogP contribution in [-0.2, 0) is 19.5 Å². The van der Waals surface area contributed by atoms with Crippen molar-refractivity contribution in [2.75, 3.05) is 6.54 Å². The highest BCUT2D eigenvalue weighted by Crippen LogP contribution is 2.24. The molecule has 7 heteroatoms. The standard InChI is InChI=1S/C25H22Cl2FN3O/c1-2-31-23-10-6-5-9-22(23)29-24(31)16-30(14-13-17-7-3-4-8-21(17)28)25(32)19-15-18(26)11-12-20(19)27/h3-12,15H,2,13-14,16H2,1H3. The number of fused-ring (bicyclic) bond motifs is 1. The molecule has 0 fully saturated rings. The van der Waals surface area contributed by atoms with Crippen LogP contribution in [0.4, 0.5) is 4.39 Å². The summed E-state index contributed by atoms with van der Waals surface area (Å²) in [6, 6.07) is 19.3. The molecular formula is C25H22Cl2FN3O. The van der Waals surface area contributed by atoms with E-state index in [0.717, 1.165) is 16.9 Å². The predicted molar refractivity (Wildman–Crippen MR) is 127 cm³/mol. The van der Waals surface area contributed by atoms with Crippen LogP contribution < -0.4 is 0 Å². The van der Waals surface area contributed by atoms with Gasteiger partial charge in [-0.3, -0.25) is 4.79 Å². The summed E-state index contributed by atoms with van der Waals surface area (Å²) in [4.78, 5) is 19.9. The molecule has 4 nitrogen and oxygen atoms in total. The molecule has 4 aromatic rings. The first-order valence-corrected chi connectivity index (χ1v) is 11.2. The third-order valence-electron chi connectivity index (χ3n) is 5.44. The van der Waals surface area contributed by atoms with Crippen LogP contribution in [0.1, 0.15) is 28.7 Å². The molecule has 0 aliphatic carbocycles. The van der Waals surface area contributed by atoms with E-state index in [9.17, 15) is 9.18 Å². The zero-order valence-corrected chi connectivity index (χ0v) is 19.1. The number of carbonyl (C=O) groups is 1. The number of aromatic nitrogens is 2. The molecule has 0 aliphatic heterocycles. The molecule has 0 saturated heterocycles. The molecule has 4 rings (SSSR count). The molecule has 0 aliphatic rings. The van der Waals surface area contributed by atoms with Crippen LogP contribution in [0, 0.1) is 5.82 Å². The first-order chi connectivity index (χ1) is 15.5. The van der Waals surface area contributed by atoms with Gasteiger partial charge in [-0.05, 0) is 55.3 Å². The Bertz CT molecular complexity index is 1270. The lowest BCUT2D eigenvalue weighted by Gasteiger charge is -2.24. The highest BCUT2D eigenvalue weighted by atomic mass is 35.5. The summed E-state index contributed by atoms with van der Waals surface area (Å²) < 4.78 is 16.3. The van der Waals surface area contributed by atoms with Gasteiger partial charge < -0.3 is 9.47 Å². The lowest BCUT2D eigenvalue weighted by Crippen LogP contribution is -2.34. The Kier molecular flexibility index (Phi) is 6.77. The molecule has 32 heavy (non-hydrogen) atoms. The molecule has 0 bridgehead atoms.